The monoisotopic (exact) mass is 728 g/mol. The summed E-state index contributed by atoms with van der Waals surface area (Å²) in [5.74, 6) is 1.52. The normalized spacial score (nSPS) is 14.4. The number of carbonyl (C=O) groups is 1. The van der Waals surface area contributed by atoms with Crippen molar-refractivity contribution in [2.24, 2.45) is 4.99 Å². The number of esters is 1. The van der Waals surface area contributed by atoms with Crippen LogP contribution in [0.3, 0.4) is 0 Å². The van der Waals surface area contributed by atoms with E-state index in [1.54, 1.807) is 52.3 Å². The number of nitrogens with zero attached hydrogens (tertiary/aromatic N) is 2. The third-order valence-electron chi connectivity index (χ3n) is 8.05. The van der Waals surface area contributed by atoms with Gasteiger partial charge in [0, 0.05) is 5.56 Å². The molecule has 0 amide bonds. The van der Waals surface area contributed by atoms with Crippen LogP contribution in [0.25, 0.3) is 16.8 Å². The fourth-order valence-corrected chi connectivity index (χ4v) is 7.44. The summed E-state index contributed by atoms with van der Waals surface area (Å²) in [6, 6.07) is 22.4. The zero-order valence-corrected chi connectivity index (χ0v) is 29.4. The summed E-state index contributed by atoms with van der Waals surface area (Å²) in [7, 11) is 4.67. The molecule has 0 radical (unpaired) electrons. The van der Waals surface area contributed by atoms with Crippen LogP contribution in [-0.2, 0) is 16.1 Å². The molecule has 1 atom stereocenters. The number of methoxy groups -OCH3 is 3. The molecule has 1 aliphatic heterocycles. The predicted octanol–water partition coefficient (Wildman–Crippen LogP) is 6.32. The van der Waals surface area contributed by atoms with E-state index in [0.717, 1.165) is 16.3 Å². The molecule has 6 rings (SSSR count). The van der Waals surface area contributed by atoms with E-state index in [1.807, 2.05) is 36.4 Å². The molecule has 0 bridgehead atoms. The molecule has 5 aromatic rings. The first-order valence-corrected chi connectivity index (χ1v) is 16.8. The predicted molar refractivity (Wildman–Crippen MR) is 189 cm³/mol. The summed E-state index contributed by atoms with van der Waals surface area (Å²) in [5.41, 5.74) is 2.70. The molecule has 0 saturated heterocycles. The van der Waals surface area contributed by atoms with Gasteiger partial charge in [-0.1, -0.05) is 53.8 Å². The third kappa shape index (κ3) is 6.23. The minimum Gasteiger partial charge on any atom is -0.497 e. The number of benzene rings is 4. The van der Waals surface area contributed by atoms with Crippen molar-refractivity contribution in [1.82, 2.24) is 4.57 Å². The first-order chi connectivity index (χ1) is 23.3. The van der Waals surface area contributed by atoms with Crippen molar-refractivity contribution in [3.63, 3.8) is 0 Å². The second kappa shape index (κ2) is 14.1. The Hall–Kier alpha value is -4.87. The van der Waals surface area contributed by atoms with Crippen LogP contribution in [-0.4, -0.2) is 38.5 Å². The Morgan fingerprint density at radius 3 is 2.50 bits per heavy atom. The van der Waals surface area contributed by atoms with Gasteiger partial charge in [0.1, 0.15) is 24.1 Å². The summed E-state index contributed by atoms with van der Waals surface area (Å²) >= 11 is 4.88. The van der Waals surface area contributed by atoms with Gasteiger partial charge in [-0.25, -0.2) is 9.79 Å². The van der Waals surface area contributed by atoms with Crippen molar-refractivity contribution in [2.75, 3.05) is 27.9 Å². The molecular weight excluding hydrogens is 696 g/mol. The summed E-state index contributed by atoms with van der Waals surface area (Å²) in [4.78, 5) is 32.7. The number of hydrogen-bond donors (Lipinski definition) is 0. The van der Waals surface area contributed by atoms with Gasteiger partial charge in [0.15, 0.2) is 16.3 Å². The third-order valence-corrected chi connectivity index (χ3v) is 9.62. The molecule has 0 fully saturated rings. The molecule has 0 unspecified atom stereocenters. The van der Waals surface area contributed by atoms with Crippen molar-refractivity contribution in [2.45, 2.75) is 26.5 Å². The van der Waals surface area contributed by atoms with Crippen LogP contribution in [0.1, 0.15) is 36.6 Å². The molecule has 0 N–H and O–H groups in total. The highest BCUT2D eigenvalue weighted by atomic mass is 79.9. The van der Waals surface area contributed by atoms with Gasteiger partial charge in [0.2, 0.25) is 0 Å². The Balaban J connectivity index is 1.43. The molecule has 1 aromatic heterocycles. The SMILES string of the molecule is CCOC(=O)C1=C(C)N=c2s/c(=C/c3cc(Br)c(OCc4cccc5ccccc45)c(OC)c3)c(=O)n2[C@@H]1c1cc(OC)ccc1OC. The maximum atomic E-state index is 14.2. The van der Waals surface area contributed by atoms with Gasteiger partial charge in [0.25, 0.3) is 5.56 Å². The molecular formula is C37H33BrN2O7S. The first kappa shape index (κ1) is 33.0. The van der Waals surface area contributed by atoms with Crippen LogP contribution in [0.5, 0.6) is 23.0 Å². The van der Waals surface area contributed by atoms with Crippen LogP contribution in [0.2, 0.25) is 0 Å². The van der Waals surface area contributed by atoms with Crippen LogP contribution >= 0.6 is 27.3 Å². The van der Waals surface area contributed by atoms with E-state index in [1.165, 1.54) is 23.0 Å². The lowest BCUT2D eigenvalue weighted by Crippen LogP contribution is -2.40. The Morgan fingerprint density at radius 2 is 1.75 bits per heavy atom. The quantitative estimate of drug-likeness (QED) is 0.155. The number of fused-ring (bicyclic) bond motifs is 2. The lowest BCUT2D eigenvalue weighted by atomic mass is 9.94. The van der Waals surface area contributed by atoms with Crippen LogP contribution in [0.4, 0.5) is 0 Å². The van der Waals surface area contributed by atoms with Crippen molar-refractivity contribution in [3.8, 4) is 23.0 Å². The minimum absolute atomic E-state index is 0.167. The van der Waals surface area contributed by atoms with E-state index in [4.69, 9.17) is 23.7 Å². The van der Waals surface area contributed by atoms with Crippen molar-refractivity contribution < 1.29 is 28.5 Å². The maximum Gasteiger partial charge on any atom is 0.338 e. The van der Waals surface area contributed by atoms with Crippen LogP contribution < -0.4 is 33.8 Å². The average Bonchev–Trinajstić information content (AvgIpc) is 3.40. The summed E-state index contributed by atoms with van der Waals surface area (Å²) in [5, 5.41) is 2.26. The Labute approximate surface area is 289 Å². The van der Waals surface area contributed by atoms with Crippen molar-refractivity contribution in [3.05, 3.63) is 125 Å². The lowest BCUT2D eigenvalue weighted by molar-refractivity contribution is -0.139. The van der Waals surface area contributed by atoms with E-state index in [0.29, 0.717) is 60.2 Å². The first-order valence-electron chi connectivity index (χ1n) is 15.2. The summed E-state index contributed by atoms with van der Waals surface area (Å²) in [6.45, 7) is 3.98. The smallest absolute Gasteiger partial charge is 0.338 e. The highest BCUT2D eigenvalue weighted by Gasteiger charge is 2.35. The van der Waals surface area contributed by atoms with Gasteiger partial charge >= 0.3 is 5.97 Å². The van der Waals surface area contributed by atoms with E-state index in [2.05, 4.69) is 39.1 Å². The zero-order chi connectivity index (χ0) is 33.9. The molecule has 0 saturated carbocycles. The van der Waals surface area contributed by atoms with Crippen molar-refractivity contribution >= 4 is 50.1 Å². The zero-order valence-electron chi connectivity index (χ0n) is 27.0. The second-order valence-electron chi connectivity index (χ2n) is 10.9. The maximum absolute atomic E-state index is 14.2. The van der Waals surface area contributed by atoms with E-state index < -0.39 is 12.0 Å². The lowest BCUT2D eigenvalue weighted by Gasteiger charge is -2.26. The minimum atomic E-state index is -0.862. The number of allylic oxidation sites excluding steroid dienone is 1. The average molecular weight is 730 g/mol. The fourth-order valence-electron chi connectivity index (χ4n) is 5.82. The number of rotatable bonds is 10. The van der Waals surface area contributed by atoms with E-state index in [9.17, 15) is 9.59 Å². The summed E-state index contributed by atoms with van der Waals surface area (Å²) < 4.78 is 31.2. The standard InChI is InChI=1S/C37H33BrN2O7S/c1-6-46-36(42)32-21(2)39-37-40(33(32)27-19-25(43-3)14-15-29(27)44-4)35(41)31(48-37)18-22-16-28(38)34(30(17-22)45-5)47-20-24-12-9-11-23-10-7-8-13-26(23)24/h7-19,33H,6,20H2,1-5H3/b31-18+/t33-/m1/s1. The molecule has 246 valence electrons. The topological polar surface area (TPSA) is 97.6 Å². The Morgan fingerprint density at radius 1 is 0.979 bits per heavy atom. The highest BCUT2D eigenvalue weighted by molar-refractivity contribution is 9.10. The number of ether oxygens (including phenoxy) is 5. The van der Waals surface area contributed by atoms with E-state index >= 15 is 0 Å². The van der Waals surface area contributed by atoms with Gasteiger partial charge in [-0.05, 0) is 88.1 Å². The Kier molecular flexibility index (Phi) is 9.70. The van der Waals surface area contributed by atoms with Gasteiger partial charge in [-0.15, -0.1) is 0 Å². The molecule has 1 aliphatic rings. The summed E-state index contributed by atoms with van der Waals surface area (Å²) in [6.07, 6.45) is 1.77. The number of halogens is 1. The molecule has 4 aromatic carbocycles. The molecule has 0 spiro atoms. The van der Waals surface area contributed by atoms with Gasteiger partial charge in [0.05, 0.1) is 48.2 Å². The number of carbonyl (C=O) groups excluding carboxylic acids is 1. The van der Waals surface area contributed by atoms with Gasteiger partial charge in [-0.2, -0.15) is 0 Å². The Bertz CT molecular complexity index is 2250. The number of aromatic nitrogens is 1. The molecule has 0 aliphatic carbocycles. The van der Waals surface area contributed by atoms with Crippen molar-refractivity contribution in [1.29, 1.82) is 0 Å². The molecule has 9 nitrogen and oxygen atoms in total. The van der Waals surface area contributed by atoms with Crippen LogP contribution in [0, 0.1) is 0 Å². The second-order valence-corrected chi connectivity index (χ2v) is 12.7. The number of hydrogen-bond acceptors (Lipinski definition) is 9. The van der Waals surface area contributed by atoms with Gasteiger partial charge < -0.3 is 23.7 Å². The highest BCUT2D eigenvalue weighted by Crippen LogP contribution is 2.39. The fraction of sp³-hybridized carbons (Fsp3) is 0.216. The largest absolute Gasteiger partial charge is 0.497 e. The number of thiazole rings is 1. The van der Waals surface area contributed by atoms with E-state index in [-0.39, 0.29) is 17.7 Å². The molecule has 2 heterocycles. The van der Waals surface area contributed by atoms with Gasteiger partial charge in [-0.3, -0.25) is 9.36 Å². The molecule has 11 heteroatoms. The van der Waals surface area contributed by atoms with Crippen LogP contribution in [0.15, 0.2) is 98.3 Å². The molecule has 48 heavy (non-hydrogen) atoms.